The molecule has 2 heterocycles. The highest BCUT2D eigenvalue weighted by Crippen LogP contribution is 2.26. The molecule has 1 aliphatic rings. The van der Waals surface area contributed by atoms with Gasteiger partial charge in [-0.25, -0.2) is 15.0 Å². The number of hydrogen-bond acceptors (Lipinski definition) is 6. The molecule has 5 rings (SSSR count). The first-order chi connectivity index (χ1) is 16.5. The topological polar surface area (TPSA) is 105 Å². The second-order valence-electron chi connectivity index (χ2n) is 8.98. The van der Waals surface area contributed by atoms with Crippen molar-refractivity contribution in [3.05, 3.63) is 66.0 Å². The van der Waals surface area contributed by atoms with Crippen molar-refractivity contribution in [3.63, 3.8) is 0 Å². The number of amides is 1. The molecular formula is C26H28N6O2. The van der Waals surface area contributed by atoms with Crippen LogP contribution in [-0.2, 0) is 6.42 Å². The third-order valence-corrected chi connectivity index (χ3v) is 5.94. The van der Waals surface area contributed by atoms with Crippen LogP contribution in [-0.4, -0.2) is 43.1 Å². The maximum absolute atomic E-state index is 12.3. The zero-order chi connectivity index (χ0) is 23.7. The third kappa shape index (κ3) is 4.71. The van der Waals surface area contributed by atoms with Gasteiger partial charge < -0.3 is 20.3 Å². The summed E-state index contributed by atoms with van der Waals surface area (Å²) in [6.45, 7) is 4.84. The molecule has 2 aromatic heterocycles. The average molecular weight is 457 g/mol. The molecule has 0 atom stereocenters. The molecule has 0 bridgehead atoms. The van der Waals surface area contributed by atoms with Gasteiger partial charge in [-0.2, -0.15) is 0 Å². The van der Waals surface area contributed by atoms with Gasteiger partial charge in [-0.15, -0.1) is 0 Å². The number of aromatic hydroxyl groups is 1. The lowest BCUT2D eigenvalue weighted by atomic mass is 10.1. The number of imidazole rings is 1. The molecule has 1 fully saturated rings. The number of rotatable bonds is 8. The predicted octanol–water partition coefficient (Wildman–Crippen LogP) is 4.33. The predicted molar refractivity (Wildman–Crippen MR) is 132 cm³/mol. The maximum Gasteiger partial charge on any atom is 0.251 e. The highest BCUT2D eigenvalue weighted by Gasteiger charge is 2.24. The molecule has 3 N–H and O–H groups in total. The van der Waals surface area contributed by atoms with Crippen molar-refractivity contribution in [2.75, 3.05) is 11.9 Å². The quantitative estimate of drug-likeness (QED) is 0.365. The number of carbonyl (C=O) groups excluding carboxylic acids is 1. The van der Waals surface area contributed by atoms with E-state index >= 15 is 0 Å². The van der Waals surface area contributed by atoms with Crippen LogP contribution in [0.15, 0.2) is 54.9 Å². The summed E-state index contributed by atoms with van der Waals surface area (Å²) in [6, 6.07) is 15.1. The molecule has 34 heavy (non-hydrogen) atoms. The van der Waals surface area contributed by atoms with E-state index in [9.17, 15) is 9.90 Å². The Balaban J connectivity index is 1.42. The van der Waals surface area contributed by atoms with Gasteiger partial charge in [-0.1, -0.05) is 24.3 Å². The second kappa shape index (κ2) is 9.13. The zero-order valence-electron chi connectivity index (χ0n) is 19.3. The van der Waals surface area contributed by atoms with E-state index in [1.54, 1.807) is 18.5 Å². The van der Waals surface area contributed by atoms with Crippen LogP contribution in [0.5, 0.6) is 5.75 Å². The van der Waals surface area contributed by atoms with E-state index in [0.717, 1.165) is 41.6 Å². The fraction of sp³-hybridized carbons (Fsp3) is 0.308. The molecule has 8 nitrogen and oxygen atoms in total. The molecule has 2 aromatic carbocycles. The Morgan fingerprint density at radius 3 is 2.50 bits per heavy atom. The van der Waals surface area contributed by atoms with Crippen LogP contribution in [0.4, 0.5) is 5.82 Å². The Labute approximate surface area is 198 Å². The van der Waals surface area contributed by atoms with Crippen LogP contribution < -0.4 is 10.6 Å². The number of fused-ring (bicyclic) bond motifs is 1. The Morgan fingerprint density at radius 2 is 1.82 bits per heavy atom. The molecule has 4 aromatic rings. The minimum Gasteiger partial charge on any atom is -0.508 e. The fourth-order valence-electron chi connectivity index (χ4n) is 3.80. The number of hydrogen-bond donors (Lipinski definition) is 3. The van der Waals surface area contributed by atoms with Crippen molar-refractivity contribution in [1.82, 2.24) is 24.8 Å². The Morgan fingerprint density at radius 1 is 1.09 bits per heavy atom. The second-order valence-corrected chi connectivity index (χ2v) is 8.98. The smallest absolute Gasteiger partial charge is 0.251 e. The fourth-order valence-corrected chi connectivity index (χ4v) is 3.80. The first kappa shape index (κ1) is 21.9. The Kier molecular flexibility index (Phi) is 5.88. The van der Waals surface area contributed by atoms with Gasteiger partial charge in [0, 0.05) is 29.8 Å². The van der Waals surface area contributed by atoms with Crippen molar-refractivity contribution >= 4 is 22.9 Å². The van der Waals surface area contributed by atoms with Crippen molar-refractivity contribution in [2.45, 2.75) is 45.2 Å². The summed E-state index contributed by atoms with van der Waals surface area (Å²) in [4.78, 5) is 26.5. The summed E-state index contributed by atoms with van der Waals surface area (Å²) in [5.41, 5.74) is 4.08. The minimum absolute atomic E-state index is 0.0418. The highest BCUT2D eigenvalue weighted by molar-refractivity contribution is 5.95. The average Bonchev–Trinajstić information content (AvgIpc) is 3.54. The molecule has 8 heteroatoms. The zero-order valence-corrected chi connectivity index (χ0v) is 19.3. The number of benzene rings is 2. The number of nitrogens with one attached hydrogen (secondary N) is 2. The van der Waals surface area contributed by atoms with Crippen LogP contribution >= 0.6 is 0 Å². The van der Waals surface area contributed by atoms with E-state index in [-0.39, 0.29) is 17.7 Å². The van der Waals surface area contributed by atoms with Gasteiger partial charge in [0.25, 0.3) is 5.91 Å². The number of nitrogens with zero attached hydrogens (tertiary/aromatic N) is 4. The van der Waals surface area contributed by atoms with Gasteiger partial charge in [-0.3, -0.25) is 4.79 Å². The van der Waals surface area contributed by atoms with E-state index < -0.39 is 0 Å². The Bertz CT molecular complexity index is 1310. The largest absolute Gasteiger partial charge is 0.508 e. The molecule has 0 unspecified atom stereocenters. The molecule has 0 saturated heterocycles. The standard InChI is InChI=1S/C26H28N6O2/c1-16(2)32-15-28-22-24(27-14-13-17-3-11-21(33)12-4-17)30-23(31-25(22)32)18-5-7-19(8-6-18)26(34)29-20-9-10-20/h3-8,11-12,15-16,20,33H,9-10,13-14H2,1-2H3,(H,29,34)(H,27,30,31). The molecule has 174 valence electrons. The van der Waals surface area contributed by atoms with Gasteiger partial charge in [0.2, 0.25) is 0 Å². The van der Waals surface area contributed by atoms with Gasteiger partial charge >= 0.3 is 0 Å². The number of anilines is 1. The van der Waals surface area contributed by atoms with Crippen LogP contribution in [0.3, 0.4) is 0 Å². The summed E-state index contributed by atoms with van der Waals surface area (Å²) in [7, 11) is 0. The number of phenols is 1. The van der Waals surface area contributed by atoms with Crippen LogP contribution in [0.1, 0.15) is 48.7 Å². The van der Waals surface area contributed by atoms with E-state index in [0.29, 0.717) is 29.8 Å². The van der Waals surface area contributed by atoms with E-state index in [4.69, 9.17) is 9.97 Å². The molecule has 1 saturated carbocycles. The van der Waals surface area contributed by atoms with E-state index in [1.165, 1.54) is 0 Å². The summed E-state index contributed by atoms with van der Waals surface area (Å²) in [6.07, 6.45) is 4.69. The molecule has 1 amide bonds. The van der Waals surface area contributed by atoms with Crippen molar-refractivity contribution in [2.24, 2.45) is 0 Å². The highest BCUT2D eigenvalue weighted by atomic mass is 16.3. The van der Waals surface area contributed by atoms with Crippen molar-refractivity contribution in [3.8, 4) is 17.1 Å². The van der Waals surface area contributed by atoms with Gasteiger partial charge in [0.15, 0.2) is 17.3 Å². The van der Waals surface area contributed by atoms with Crippen LogP contribution in [0.25, 0.3) is 22.6 Å². The van der Waals surface area contributed by atoms with E-state index in [2.05, 4.69) is 29.5 Å². The van der Waals surface area contributed by atoms with Crippen molar-refractivity contribution in [1.29, 1.82) is 0 Å². The molecule has 1 aliphatic carbocycles. The van der Waals surface area contributed by atoms with Crippen LogP contribution in [0, 0.1) is 0 Å². The lowest BCUT2D eigenvalue weighted by Gasteiger charge is -2.12. The SMILES string of the molecule is CC(C)n1cnc2c(NCCc3ccc(O)cc3)nc(-c3ccc(C(=O)NC4CC4)cc3)nc21. The first-order valence-corrected chi connectivity index (χ1v) is 11.7. The summed E-state index contributed by atoms with van der Waals surface area (Å²) in [5, 5.41) is 15.9. The van der Waals surface area contributed by atoms with Crippen LogP contribution in [0.2, 0.25) is 0 Å². The number of carbonyl (C=O) groups is 1. The molecular weight excluding hydrogens is 428 g/mol. The monoisotopic (exact) mass is 456 g/mol. The van der Waals surface area contributed by atoms with Gasteiger partial charge in [-0.05, 0) is 62.9 Å². The summed E-state index contributed by atoms with van der Waals surface area (Å²) in [5.74, 6) is 1.47. The lowest BCUT2D eigenvalue weighted by molar-refractivity contribution is 0.0951. The summed E-state index contributed by atoms with van der Waals surface area (Å²) < 4.78 is 2.03. The third-order valence-electron chi connectivity index (χ3n) is 5.94. The Hall–Kier alpha value is -3.94. The van der Waals surface area contributed by atoms with Gasteiger partial charge in [0.1, 0.15) is 11.3 Å². The number of aromatic nitrogens is 4. The maximum atomic E-state index is 12.3. The normalized spacial score (nSPS) is 13.4. The molecule has 0 aliphatic heterocycles. The van der Waals surface area contributed by atoms with Crippen molar-refractivity contribution < 1.29 is 9.90 Å². The van der Waals surface area contributed by atoms with Gasteiger partial charge in [0.05, 0.1) is 6.33 Å². The van der Waals surface area contributed by atoms with E-state index in [1.807, 2.05) is 41.0 Å². The first-order valence-electron chi connectivity index (χ1n) is 11.7. The summed E-state index contributed by atoms with van der Waals surface area (Å²) >= 11 is 0. The molecule has 0 spiro atoms. The number of phenolic OH excluding ortho intramolecular Hbond substituents is 1. The lowest BCUT2D eigenvalue weighted by Crippen LogP contribution is -2.25. The minimum atomic E-state index is -0.0418. The molecule has 0 radical (unpaired) electrons.